The zero-order valence-corrected chi connectivity index (χ0v) is 7.09. The fraction of sp³-hybridized carbons (Fsp3) is 1.00. The van der Waals surface area contributed by atoms with Crippen molar-refractivity contribution in [2.75, 3.05) is 0 Å². The Morgan fingerprint density at radius 3 is 1.75 bits per heavy atom. The maximum atomic E-state index is 5.70. The lowest BCUT2D eigenvalue weighted by Gasteiger charge is -2.25. The van der Waals surface area contributed by atoms with E-state index in [4.69, 9.17) is 11.5 Å². The van der Waals surface area contributed by atoms with Crippen molar-refractivity contribution in [1.82, 2.24) is 0 Å². The van der Waals surface area contributed by atoms with Crippen molar-refractivity contribution in [3.8, 4) is 0 Å². The summed E-state index contributed by atoms with van der Waals surface area (Å²) >= 11 is 0. The highest BCUT2D eigenvalue weighted by Crippen LogP contribution is 2.01. The van der Waals surface area contributed by atoms with Gasteiger partial charge in [0.05, 0.1) is 8.80 Å². The monoisotopic (exact) mass is 132 g/mol. The SMILES string of the molecule is CCC(N)(N)[SiH](C)C. The first-order valence-corrected chi connectivity index (χ1v) is 5.97. The molecule has 0 saturated carbocycles. The Balaban J connectivity index is 3.71. The highest BCUT2D eigenvalue weighted by Gasteiger charge is 2.21. The Kier molecular flexibility index (Phi) is 2.66. The van der Waals surface area contributed by atoms with E-state index >= 15 is 0 Å². The third-order valence-electron chi connectivity index (χ3n) is 1.69. The molecule has 0 aromatic carbocycles. The molecule has 0 rings (SSSR count). The van der Waals surface area contributed by atoms with Crippen LogP contribution in [0.1, 0.15) is 13.3 Å². The molecule has 2 nitrogen and oxygen atoms in total. The zero-order chi connectivity index (χ0) is 6.78. The van der Waals surface area contributed by atoms with Crippen LogP contribution in [0.15, 0.2) is 0 Å². The summed E-state index contributed by atoms with van der Waals surface area (Å²) < 4.78 is 0. The molecule has 0 atom stereocenters. The summed E-state index contributed by atoms with van der Waals surface area (Å²) in [6.45, 7) is 6.38. The first-order chi connectivity index (χ1) is 3.50. The molecule has 0 aliphatic heterocycles. The van der Waals surface area contributed by atoms with Crippen molar-refractivity contribution in [2.24, 2.45) is 11.5 Å². The van der Waals surface area contributed by atoms with E-state index in [1.54, 1.807) is 0 Å². The molecule has 3 heteroatoms. The summed E-state index contributed by atoms with van der Waals surface area (Å²) in [5.74, 6) is 0. The van der Waals surface area contributed by atoms with Crippen molar-refractivity contribution in [3.63, 3.8) is 0 Å². The standard InChI is InChI=1S/C5H16N2Si/c1-4-5(6,7)8(2)3/h8H,4,6-7H2,1-3H3. The summed E-state index contributed by atoms with van der Waals surface area (Å²) in [7, 11) is -0.824. The fourth-order valence-corrected chi connectivity index (χ4v) is 1.22. The van der Waals surface area contributed by atoms with E-state index in [2.05, 4.69) is 13.1 Å². The molecule has 0 radical (unpaired) electrons. The van der Waals surface area contributed by atoms with Crippen LogP contribution >= 0.6 is 0 Å². The predicted octanol–water partition coefficient (Wildman–Crippen LogP) is 0.0360. The number of nitrogens with two attached hydrogens (primary N) is 2. The zero-order valence-electron chi connectivity index (χ0n) is 5.94. The van der Waals surface area contributed by atoms with E-state index in [1.807, 2.05) is 6.92 Å². The van der Waals surface area contributed by atoms with E-state index < -0.39 is 8.80 Å². The molecular weight excluding hydrogens is 116 g/mol. The van der Waals surface area contributed by atoms with E-state index in [-0.39, 0.29) is 5.29 Å². The average Bonchev–Trinajstić information content (AvgIpc) is 1.67. The lowest BCUT2D eigenvalue weighted by molar-refractivity contribution is 0.586. The minimum atomic E-state index is -0.824. The molecule has 8 heavy (non-hydrogen) atoms. The molecule has 0 aliphatic carbocycles. The van der Waals surface area contributed by atoms with Crippen LogP contribution in [0.25, 0.3) is 0 Å². The quantitative estimate of drug-likeness (QED) is 0.411. The van der Waals surface area contributed by atoms with Gasteiger partial charge in [0.15, 0.2) is 0 Å². The summed E-state index contributed by atoms with van der Waals surface area (Å²) in [5.41, 5.74) is 11.4. The van der Waals surface area contributed by atoms with Crippen molar-refractivity contribution < 1.29 is 0 Å². The normalized spacial score (nSPS) is 12.8. The smallest absolute Gasteiger partial charge is 0.0721 e. The molecule has 0 aromatic rings. The summed E-state index contributed by atoms with van der Waals surface area (Å²) in [6, 6.07) is 0. The summed E-state index contributed by atoms with van der Waals surface area (Å²) in [6.07, 6.45) is 0.900. The minimum Gasteiger partial charge on any atom is -0.317 e. The molecule has 0 bridgehead atoms. The van der Waals surface area contributed by atoms with E-state index in [9.17, 15) is 0 Å². The van der Waals surface area contributed by atoms with E-state index in [0.717, 1.165) is 6.42 Å². The number of hydrogen-bond donors (Lipinski definition) is 2. The van der Waals surface area contributed by atoms with Crippen molar-refractivity contribution in [3.05, 3.63) is 0 Å². The third kappa shape index (κ3) is 1.94. The van der Waals surface area contributed by atoms with Crippen LogP contribution in [0.2, 0.25) is 13.1 Å². The first-order valence-electron chi connectivity index (χ1n) is 3.08. The Hall–Kier alpha value is 0.137. The van der Waals surface area contributed by atoms with Crippen LogP contribution in [0, 0.1) is 0 Å². The molecular formula is C5H16N2Si. The molecule has 0 aromatic heterocycles. The molecule has 0 aliphatic rings. The second kappa shape index (κ2) is 2.62. The Morgan fingerprint density at radius 2 is 1.75 bits per heavy atom. The van der Waals surface area contributed by atoms with Gasteiger partial charge in [0.1, 0.15) is 0 Å². The Labute approximate surface area is 52.9 Å². The van der Waals surface area contributed by atoms with Crippen LogP contribution in [0.5, 0.6) is 0 Å². The molecule has 0 unspecified atom stereocenters. The highest BCUT2D eigenvalue weighted by atomic mass is 28.3. The van der Waals surface area contributed by atoms with Crippen LogP contribution in [0.3, 0.4) is 0 Å². The van der Waals surface area contributed by atoms with E-state index in [0.29, 0.717) is 0 Å². The number of rotatable bonds is 2. The molecule has 4 N–H and O–H groups in total. The topological polar surface area (TPSA) is 52.0 Å². The lowest BCUT2D eigenvalue weighted by atomic mass is 10.4. The number of hydrogen-bond acceptors (Lipinski definition) is 2. The highest BCUT2D eigenvalue weighted by molar-refractivity contribution is 6.59. The summed E-state index contributed by atoms with van der Waals surface area (Å²) in [5, 5.41) is -0.319. The second-order valence-corrected chi connectivity index (χ2v) is 6.00. The van der Waals surface area contributed by atoms with Crippen molar-refractivity contribution in [2.45, 2.75) is 31.7 Å². The van der Waals surface area contributed by atoms with Gasteiger partial charge in [0, 0.05) is 5.29 Å². The average molecular weight is 132 g/mol. The molecule has 0 spiro atoms. The fourth-order valence-electron chi connectivity index (χ4n) is 0.408. The van der Waals surface area contributed by atoms with Crippen molar-refractivity contribution in [1.29, 1.82) is 0 Å². The van der Waals surface area contributed by atoms with Crippen LogP contribution < -0.4 is 11.5 Å². The van der Waals surface area contributed by atoms with Gasteiger partial charge in [-0.05, 0) is 6.42 Å². The van der Waals surface area contributed by atoms with Gasteiger partial charge in [-0.3, -0.25) is 0 Å². The predicted molar refractivity (Wildman–Crippen MR) is 40.3 cm³/mol. The van der Waals surface area contributed by atoms with Gasteiger partial charge in [0.25, 0.3) is 0 Å². The van der Waals surface area contributed by atoms with Gasteiger partial charge in [-0.1, -0.05) is 20.0 Å². The van der Waals surface area contributed by atoms with Gasteiger partial charge < -0.3 is 11.5 Å². The first kappa shape index (κ1) is 8.14. The molecule has 50 valence electrons. The van der Waals surface area contributed by atoms with Crippen LogP contribution in [0.4, 0.5) is 0 Å². The third-order valence-corrected chi connectivity index (χ3v) is 4.25. The maximum Gasteiger partial charge on any atom is 0.0721 e. The second-order valence-electron chi connectivity index (χ2n) is 2.62. The lowest BCUT2D eigenvalue weighted by Crippen LogP contribution is -2.58. The molecule has 0 fully saturated rings. The minimum absolute atomic E-state index is 0.319. The summed E-state index contributed by atoms with van der Waals surface area (Å²) in [4.78, 5) is 0. The van der Waals surface area contributed by atoms with Crippen LogP contribution in [-0.2, 0) is 0 Å². The van der Waals surface area contributed by atoms with Gasteiger partial charge in [-0.15, -0.1) is 0 Å². The Bertz CT molecular complexity index is 70.8. The van der Waals surface area contributed by atoms with E-state index in [1.165, 1.54) is 0 Å². The van der Waals surface area contributed by atoms with Gasteiger partial charge in [-0.25, -0.2) is 0 Å². The largest absolute Gasteiger partial charge is 0.317 e. The van der Waals surface area contributed by atoms with Crippen LogP contribution in [-0.4, -0.2) is 14.1 Å². The van der Waals surface area contributed by atoms with Gasteiger partial charge in [-0.2, -0.15) is 0 Å². The molecule has 0 saturated heterocycles. The molecule has 0 heterocycles. The Morgan fingerprint density at radius 1 is 1.38 bits per heavy atom. The van der Waals surface area contributed by atoms with Crippen molar-refractivity contribution >= 4 is 8.80 Å². The van der Waals surface area contributed by atoms with Gasteiger partial charge >= 0.3 is 0 Å². The maximum absolute atomic E-state index is 5.70. The molecule has 0 amide bonds. The van der Waals surface area contributed by atoms with Gasteiger partial charge in [0.2, 0.25) is 0 Å².